The van der Waals surface area contributed by atoms with Crippen molar-refractivity contribution in [2.75, 3.05) is 7.05 Å². The molecule has 1 N–H and O–H groups in total. The molecule has 0 fully saturated rings. The molecule has 0 bridgehead atoms. The first-order chi connectivity index (χ1) is 4.04. The first-order valence-electron chi connectivity index (χ1n) is 2.67. The number of amides is 1. The predicted octanol–water partition coefficient (Wildman–Crippen LogP) is 0.852. The molecule has 0 saturated carbocycles. The van der Waals surface area contributed by atoms with E-state index in [4.69, 9.17) is 5.21 Å². The van der Waals surface area contributed by atoms with Crippen LogP contribution in [0.3, 0.4) is 0 Å². The normalized spacial score (nSPS) is 9.44. The van der Waals surface area contributed by atoms with Crippen LogP contribution < -0.4 is 0 Å². The Morgan fingerprint density at radius 1 is 1.67 bits per heavy atom. The van der Waals surface area contributed by atoms with Crippen LogP contribution in [-0.4, -0.2) is 29.5 Å². The maximum Gasteiger partial charge on any atom is 0.433 e. The second kappa shape index (κ2) is 3.29. The van der Waals surface area contributed by atoms with E-state index in [1.807, 2.05) is 0 Å². The summed E-state index contributed by atoms with van der Waals surface area (Å²) in [7, 11) is 1.21. The molecule has 0 radical (unpaired) electrons. The zero-order valence-corrected chi connectivity index (χ0v) is 5.79. The molecular formula is C5H11NO3. The van der Waals surface area contributed by atoms with Gasteiger partial charge in [0.2, 0.25) is 0 Å². The highest BCUT2D eigenvalue weighted by Gasteiger charge is 2.07. The first-order valence-corrected chi connectivity index (χ1v) is 2.67. The van der Waals surface area contributed by atoms with E-state index in [9.17, 15) is 4.79 Å². The molecular weight excluding hydrogens is 122 g/mol. The van der Waals surface area contributed by atoms with Crippen LogP contribution in [0, 0.1) is 0 Å². The maximum atomic E-state index is 10.4. The van der Waals surface area contributed by atoms with Crippen LogP contribution in [-0.2, 0) is 4.74 Å². The van der Waals surface area contributed by atoms with Gasteiger partial charge in [0.05, 0.1) is 6.10 Å². The SMILES string of the molecule is CC(C)OC(=O)N(C)O. The Morgan fingerprint density at radius 3 is 2.22 bits per heavy atom. The van der Waals surface area contributed by atoms with Gasteiger partial charge in [0.15, 0.2) is 0 Å². The molecule has 0 saturated heterocycles. The molecule has 4 nitrogen and oxygen atoms in total. The number of ether oxygens (including phenoxy) is 1. The van der Waals surface area contributed by atoms with Gasteiger partial charge in [-0.25, -0.2) is 4.79 Å². The lowest BCUT2D eigenvalue weighted by atomic mass is 10.5. The van der Waals surface area contributed by atoms with Crippen LogP contribution in [0.4, 0.5) is 4.79 Å². The van der Waals surface area contributed by atoms with Crippen LogP contribution in [0.15, 0.2) is 0 Å². The average Bonchev–Trinajstić information content (AvgIpc) is 1.63. The van der Waals surface area contributed by atoms with Crippen molar-refractivity contribution >= 4 is 6.09 Å². The molecule has 0 aromatic carbocycles. The standard InChI is InChI=1S/C5H11NO3/c1-4(2)9-5(7)6(3)8/h4,8H,1-3H3. The molecule has 0 unspecified atom stereocenters. The summed E-state index contributed by atoms with van der Waals surface area (Å²) in [6.07, 6.45) is -0.919. The fourth-order valence-corrected chi connectivity index (χ4v) is 0.278. The summed E-state index contributed by atoms with van der Waals surface area (Å²) in [6.45, 7) is 3.42. The largest absolute Gasteiger partial charge is 0.445 e. The number of hydrogen-bond acceptors (Lipinski definition) is 3. The summed E-state index contributed by atoms with van der Waals surface area (Å²) in [6, 6.07) is 0. The molecule has 9 heavy (non-hydrogen) atoms. The van der Waals surface area contributed by atoms with Gasteiger partial charge >= 0.3 is 6.09 Å². The molecule has 54 valence electrons. The van der Waals surface area contributed by atoms with Crippen molar-refractivity contribution in [1.82, 2.24) is 5.06 Å². The second-order valence-corrected chi connectivity index (χ2v) is 1.96. The van der Waals surface area contributed by atoms with Gasteiger partial charge in [-0.15, -0.1) is 0 Å². The van der Waals surface area contributed by atoms with Crippen molar-refractivity contribution in [2.24, 2.45) is 0 Å². The number of rotatable bonds is 1. The summed E-state index contributed by atoms with van der Waals surface area (Å²) < 4.78 is 4.55. The number of carbonyl (C=O) groups excluding carboxylic acids is 1. The molecule has 0 aliphatic rings. The molecule has 0 atom stereocenters. The lowest BCUT2D eigenvalue weighted by Gasteiger charge is -2.11. The Kier molecular flexibility index (Phi) is 3.01. The van der Waals surface area contributed by atoms with Crippen molar-refractivity contribution < 1.29 is 14.7 Å². The summed E-state index contributed by atoms with van der Waals surface area (Å²) in [5.74, 6) is 0. The topological polar surface area (TPSA) is 49.8 Å². The van der Waals surface area contributed by atoms with Crippen LogP contribution in [0.2, 0.25) is 0 Å². The van der Waals surface area contributed by atoms with Gasteiger partial charge in [-0.3, -0.25) is 5.21 Å². The third-order valence-electron chi connectivity index (χ3n) is 0.601. The monoisotopic (exact) mass is 133 g/mol. The Morgan fingerprint density at radius 2 is 2.11 bits per heavy atom. The predicted molar refractivity (Wildman–Crippen MR) is 31.2 cm³/mol. The van der Waals surface area contributed by atoms with Gasteiger partial charge in [0.1, 0.15) is 0 Å². The molecule has 0 aliphatic heterocycles. The fraction of sp³-hybridized carbons (Fsp3) is 0.800. The minimum atomic E-state index is -0.731. The lowest BCUT2D eigenvalue weighted by molar-refractivity contribution is -0.0603. The highest BCUT2D eigenvalue weighted by Crippen LogP contribution is 1.91. The van der Waals surface area contributed by atoms with E-state index >= 15 is 0 Å². The molecule has 0 aromatic heterocycles. The van der Waals surface area contributed by atoms with E-state index in [-0.39, 0.29) is 6.10 Å². The summed E-state index contributed by atoms with van der Waals surface area (Å²) in [5, 5.41) is 8.83. The lowest BCUT2D eigenvalue weighted by Crippen LogP contribution is -2.25. The van der Waals surface area contributed by atoms with Crippen molar-refractivity contribution in [1.29, 1.82) is 0 Å². The zero-order chi connectivity index (χ0) is 7.44. The Balaban J connectivity index is 3.51. The first kappa shape index (κ1) is 8.23. The van der Waals surface area contributed by atoms with Crippen molar-refractivity contribution in [2.45, 2.75) is 20.0 Å². The zero-order valence-electron chi connectivity index (χ0n) is 5.79. The second-order valence-electron chi connectivity index (χ2n) is 1.96. The number of hydroxylamine groups is 2. The summed E-state index contributed by atoms with van der Waals surface area (Å²) in [5.41, 5.74) is 0. The van der Waals surface area contributed by atoms with Gasteiger partial charge in [-0.05, 0) is 13.8 Å². The highest BCUT2D eigenvalue weighted by molar-refractivity contribution is 5.65. The third kappa shape index (κ3) is 3.78. The molecule has 4 heteroatoms. The third-order valence-corrected chi connectivity index (χ3v) is 0.601. The van der Waals surface area contributed by atoms with Crippen molar-refractivity contribution in [3.8, 4) is 0 Å². The van der Waals surface area contributed by atoms with E-state index < -0.39 is 6.09 Å². The van der Waals surface area contributed by atoms with E-state index in [0.29, 0.717) is 5.06 Å². The Hall–Kier alpha value is -0.770. The number of nitrogens with zero attached hydrogens (tertiary/aromatic N) is 1. The summed E-state index contributed by atoms with van der Waals surface area (Å²) in [4.78, 5) is 10.4. The van der Waals surface area contributed by atoms with Crippen LogP contribution >= 0.6 is 0 Å². The molecule has 0 aliphatic carbocycles. The van der Waals surface area contributed by atoms with Crippen LogP contribution in [0.5, 0.6) is 0 Å². The smallest absolute Gasteiger partial charge is 0.433 e. The fourth-order valence-electron chi connectivity index (χ4n) is 0.278. The van der Waals surface area contributed by atoms with Gasteiger partial charge in [0.25, 0.3) is 0 Å². The molecule has 0 aromatic rings. The molecule has 1 amide bonds. The average molecular weight is 133 g/mol. The van der Waals surface area contributed by atoms with Gasteiger partial charge in [0, 0.05) is 7.05 Å². The van der Waals surface area contributed by atoms with Gasteiger partial charge < -0.3 is 4.74 Å². The molecule has 0 rings (SSSR count). The Bertz CT molecular complexity index is 100. The minimum absolute atomic E-state index is 0.188. The van der Waals surface area contributed by atoms with Crippen molar-refractivity contribution in [3.05, 3.63) is 0 Å². The number of carbonyl (C=O) groups is 1. The Labute approximate surface area is 54.0 Å². The van der Waals surface area contributed by atoms with Gasteiger partial charge in [-0.2, -0.15) is 5.06 Å². The van der Waals surface area contributed by atoms with E-state index in [0.717, 1.165) is 0 Å². The van der Waals surface area contributed by atoms with Crippen LogP contribution in [0.25, 0.3) is 0 Å². The molecule has 0 heterocycles. The van der Waals surface area contributed by atoms with E-state index in [1.165, 1.54) is 7.05 Å². The quantitative estimate of drug-likeness (QED) is 0.426. The van der Waals surface area contributed by atoms with E-state index in [1.54, 1.807) is 13.8 Å². The highest BCUT2D eigenvalue weighted by atomic mass is 16.6. The van der Waals surface area contributed by atoms with Crippen LogP contribution in [0.1, 0.15) is 13.8 Å². The number of hydrogen-bond donors (Lipinski definition) is 1. The maximum absolute atomic E-state index is 10.4. The minimum Gasteiger partial charge on any atom is -0.445 e. The van der Waals surface area contributed by atoms with Gasteiger partial charge in [-0.1, -0.05) is 0 Å². The molecule has 0 spiro atoms. The van der Waals surface area contributed by atoms with Crippen molar-refractivity contribution in [3.63, 3.8) is 0 Å². The van der Waals surface area contributed by atoms with E-state index in [2.05, 4.69) is 4.74 Å². The summed E-state index contributed by atoms with van der Waals surface area (Å²) >= 11 is 0.